The molecular weight excluding hydrogens is 316 g/mol. The van der Waals surface area contributed by atoms with Gasteiger partial charge in [0, 0.05) is 25.5 Å². The van der Waals surface area contributed by atoms with Crippen molar-refractivity contribution < 1.29 is 5.11 Å². The molecule has 0 spiro atoms. The van der Waals surface area contributed by atoms with Crippen LogP contribution in [-0.4, -0.2) is 47.9 Å². The molecule has 8 heteroatoms. The molecule has 1 aliphatic rings. The number of aromatic amines is 1. The topological polar surface area (TPSA) is 82.3 Å². The molecule has 2 N–H and O–H groups in total. The zero-order chi connectivity index (χ0) is 15.9. The van der Waals surface area contributed by atoms with E-state index in [-0.39, 0.29) is 0 Å². The predicted molar refractivity (Wildman–Crippen MR) is 85.0 cm³/mol. The molecule has 7 nitrogen and oxygen atoms in total. The fourth-order valence-electron chi connectivity index (χ4n) is 3.22. The zero-order valence-electron chi connectivity index (χ0n) is 12.5. The van der Waals surface area contributed by atoms with Gasteiger partial charge in [0.15, 0.2) is 0 Å². The molecule has 3 aromatic rings. The zero-order valence-corrected chi connectivity index (χ0v) is 13.2. The summed E-state index contributed by atoms with van der Waals surface area (Å²) in [5.74, 6) is 0. The Balaban J connectivity index is 1.53. The van der Waals surface area contributed by atoms with Crippen LogP contribution in [0.3, 0.4) is 0 Å². The summed E-state index contributed by atoms with van der Waals surface area (Å²) in [7, 11) is 0. The Morgan fingerprint density at radius 3 is 3.09 bits per heavy atom. The van der Waals surface area contributed by atoms with Crippen LogP contribution in [0.4, 0.5) is 0 Å². The van der Waals surface area contributed by atoms with Gasteiger partial charge in [0.25, 0.3) is 0 Å². The number of nitrogens with one attached hydrogen (secondary N) is 1. The molecule has 0 saturated carbocycles. The van der Waals surface area contributed by atoms with Gasteiger partial charge in [0.2, 0.25) is 0 Å². The van der Waals surface area contributed by atoms with Gasteiger partial charge in [-0.15, -0.1) is 0 Å². The Hall–Kier alpha value is -1.96. The maximum Gasteiger partial charge on any atom is 0.137 e. The summed E-state index contributed by atoms with van der Waals surface area (Å²) in [4.78, 5) is 6.80. The summed E-state index contributed by atoms with van der Waals surface area (Å²) in [6.45, 7) is 2.13. The number of hydrogen-bond acceptors (Lipinski definition) is 5. The smallest absolute Gasteiger partial charge is 0.137 e. The van der Waals surface area contributed by atoms with E-state index in [0.29, 0.717) is 30.2 Å². The number of hydrogen-bond donors (Lipinski definition) is 2. The Morgan fingerprint density at radius 2 is 2.26 bits per heavy atom. The molecule has 4 heterocycles. The number of halogens is 1. The van der Waals surface area contributed by atoms with Crippen molar-refractivity contribution in [2.24, 2.45) is 0 Å². The van der Waals surface area contributed by atoms with Gasteiger partial charge in [-0.05, 0) is 31.5 Å². The minimum Gasteiger partial charge on any atom is -0.382 e. The van der Waals surface area contributed by atoms with Gasteiger partial charge in [0.1, 0.15) is 16.9 Å². The lowest BCUT2D eigenvalue weighted by Gasteiger charge is -2.37. The standard InChI is InChI=1S/C15H17ClN6O/c16-11-2-3-14-18-12(9-22(14)7-11)8-21-5-1-4-15(23,10-21)13-6-17-20-19-13/h2-3,6-7,9,23H,1,4-5,8,10H2,(H,17,19,20). The monoisotopic (exact) mass is 332 g/mol. The van der Waals surface area contributed by atoms with Crippen molar-refractivity contribution in [2.45, 2.75) is 25.0 Å². The number of imidazole rings is 1. The van der Waals surface area contributed by atoms with Crippen LogP contribution >= 0.6 is 11.6 Å². The van der Waals surface area contributed by atoms with Crippen LogP contribution in [0.25, 0.3) is 5.65 Å². The minimum absolute atomic E-state index is 0.522. The second kappa shape index (κ2) is 5.59. The summed E-state index contributed by atoms with van der Waals surface area (Å²) in [5, 5.41) is 22.0. The molecular formula is C15H17ClN6O. The average molecular weight is 333 g/mol. The number of pyridine rings is 1. The van der Waals surface area contributed by atoms with Gasteiger partial charge in [-0.3, -0.25) is 4.90 Å². The first kappa shape index (κ1) is 14.6. The third kappa shape index (κ3) is 2.83. The van der Waals surface area contributed by atoms with Gasteiger partial charge < -0.3 is 9.51 Å². The lowest BCUT2D eigenvalue weighted by Crippen LogP contribution is -2.46. The van der Waals surface area contributed by atoms with Gasteiger partial charge >= 0.3 is 0 Å². The van der Waals surface area contributed by atoms with E-state index < -0.39 is 5.60 Å². The summed E-state index contributed by atoms with van der Waals surface area (Å²) >= 11 is 6.01. The number of H-pyrrole nitrogens is 1. The van der Waals surface area contributed by atoms with E-state index in [1.54, 1.807) is 6.20 Å². The first-order valence-electron chi connectivity index (χ1n) is 7.56. The van der Waals surface area contributed by atoms with E-state index in [1.165, 1.54) is 0 Å². The maximum atomic E-state index is 10.8. The molecule has 1 atom stereocenters. The lowest BCUT2D eigenvalue weighted by atomic mass is 9.90. The highest BCUT2D eigenvalue weighted by Gasteiger charge is 2.37. The second-order valence-electron chi connectivity index (χ2n) is 6.05. The van der Waals surface area contributed by atoms with Crippen molar-refractivity contribution in [1.82, 2.24) is 29.7 Å². The summed E-state index contributed by atoms with van der Waals surface area (Å²) in [6.07, 6.45) is 7.01. The van der Waals surface area contributed by atoms with Crippen molar-refractivity contribution in [3.05, 3.63) is 47.1 Å². The molecule has 0 aliphatic carbocycles. The molecule has 120 valence electrons. The number of aromatic nitrogens is 5. The largest absolute Gasteiger partial charge is 0.382 e. The third-order valence-electron chi connectivity index (χ3n) is 4.29. The van der Waals surface area contributed by atoms with Gasteiger partial charge in [-0.2, -0.15) is 15.4 Å². The Bertz CT molecular complexity index is 817. The highest BCUT2D eigenvalue weighted by molar-refractivity contribution is 6.30. The Morgan fingerprint density at radius 1 is 1.35 bits per heavy atom. The molecule has 1 saturated heterocycles. The van der Waals surface area contributed by atoms with Crippen LogP contribution in [0.2, 0.25) is 5.02 Å². The van der Waals surface area contributed by atoms with Crippen molar-refractivity contribution >= 4 is 17.2 Å². The number of fused-ring (bicyclic) bond motifs is 1. The van der Waals surface area contributed by atoms with Gasteiger partial charge in [-0.1, -0.05) is 11.6 Å². The van der Waals surface area contributed by atoms with Crippen LogP contribution in [0.1, 0.15) is 24.2 Å². The van der Waals surface area contributed by atoms with E-state index in [4.69, 9.17) is 11.6 Å². The number of rotatable bonds is 3. The highest BCUT2D eigenvalue weighted by atomic mass is 35.5. The molecule has 0 bridgehead atoms. The van der Waals surface area contributed by atoms with E-state index in [1.807, 2.05) is 28.9 Å². The lowest BCUT2D eigenvalue weighted by molar-refractivity contribution is -0.0416. The average Bonchev–Trinajstić information content (AvgIpc) is 3.16. The minimum atomic E-state index is -0.951. The summed E-state index contributed by atoms with van der Waals surface area (Å²) in [5.41, 5.74) is 1.47. The molecule has 23 heavy (non-hydrogen) atoms. The Labute approximate surface area is 137 Å². The molecule has 1 fully saturated rings. The van der Waals surface area contributed by atoms with Crippen LogP contribution < -0.4 is 0 Å². The molecule has 1 unspecified atom stereocenters. The second-order valence-corrected chi connectivity index (χ2v) is 6.48. The van der Waals surface area contributed by atoms with E-state index >= 15 is 0 Å². The fourth-order valence-corrected chi connectivity index (χ4v) is 3.38. The first-order valence-corrected chi connectivity index (χ1v) is 7.94. The normalized spacial score (nSPS) is 22.7. The number of likely N-dealkylation sites (tertiary alicyclic amines) is 1. The first-order chi connectivity index (χ1) is 11.1. The molecule has 0 amide bonds. The van der Waals surface area contributed by atoms with Crippen LogP contribution in [0.5, 0.6) is 0 Å². The highest BCUT2D eigenvalue weighted by Crippen LogP contribution is 2.30. The van der Waals surface area contributed by atoms with Crippen molar-refractivity contribution in [3.8, 4) is 0 Å². The number of aliphatic hydroxyl groups is 1. The van der Waals surface area contributed by atoms with Gasteiger partial charge in [0.05, 0.1) is 16.9 Å². The molecule has 0 radical (unpaired) electrons. The quantitative estimate of drug-likeness (QED) is 0.761. The SMILES string of the molecule is OC1(c2cn[nH]n2)CCCN(Cc2cn3cc(Cl)ccc3n2)C1. The molecule has 3 aromatic heterocycles. The number of β-amino-alcohol motifs (C(OH)–C–C–N with tert-alkyl or cyclic N) is 1. The van der Waals surface area contributed by atoms with Crippen LogP contribution in [-0.2, 0) is 12.1 Å². The third-order valence-corrected chi connectivity index (χ3v) is 4.52. The molecule has 4 rings (SSSR count). The van der Waals surface area contributed by atoms with Crippen molar-refractivity contribution in [3.63, 3.8) is 0 Å². The number of piperidine rings is 1. The summed E-state index contributed by atoms with van der Waals surface area (Å²) < 4.78 is 1.92. The van der Waals surface area contributed by atoms with Crippen LogP contribution in [0.15, 0.2) is 30.7 Å². The van der Waals surface area contributed by atoms with E-state index in [2.05, 4.69) is 25.3 Å². The van der Waals surface area contributed by atoms with E-state index in [0.717, 1.165) is 24.3 Å². The van der Waals surface area contributed by atoms with Crippen molar-refractivity contribution in [2.75, 3.05) is 13.1 Å². The number of nitrogens with zero attached hydrogens (tertiary/aromatic N) is 5. The van der Waals surface area contributed by atoms with Gasteiger partial charge in [-0.25, -0.2) is 4.98 Å². The summed E-state index contributed by atoms with van der Waals surface area (Å²) in [6, 6.07) is 3.73. The maximum absolute atomic E-state index is 10.8. The Kier molecular flexibility index (Phi) is 3.56. The van der Waals surface area contributed by atoms with Crippen molar-refractivity contribution in [1.29, 1.82) is 0 Å². The molecule has 0 aromatic carbocycles. The van der Waals surface area contributed by atoms with Crippen LogP contribution in [0, 0.1) is 0 Å². The molecule has 1 aliphatic heterocycles. The van der Waals surface area contributed by atoms with E-state index in [9.17, 15) is 5.11 Å². The fraction of sp³-hybridized carbons (Fsp3) is 0.400. The predicted octanol–water partition coefficient (Wildman–Crippen LogP) is 1.59.